The molecular weight excluding hydrogens is 228 g/mol. The standard InChI is InChI=1S/C13H22N4O/c1-2-17-9-5-7-11(17)12-15-13(18-16-12)10-6-3-4-8-14-10/h10-11,14H,2-9H2,1H3. The highest BCUT2D eigenvalue weighted by molar-refractivity contribution is 5.01. The van der Waals surface area contributed by atoms with Crippen LogP contribution in [0.3, 0.4) is 0 Å². The van der Waals surface area contributed by atoms with Crippen molar-refractivity contribution in [2.45, 2.75) is 51.1 Å². The summed E-state index contributed by atoms with van der Waals surface area (Å²) in [6, 6.07) is 0.646. The maximum absolute atomic E-state index is 5.46. The van der Waals surface area contributed by atoms with E-state index >= 15 is 0 Å². The highest BCUT2D eigenvalue weighted by atomic mass is 16.5. The number of hydrogen-bond donors (Lipinski definition) is 1. The molecular formula is C13H22N4O. The van der Waals surface area contributed by atoms with Crippen LogP contribution in [0.4, 0.5) is 0 Å². The van der Waals surface area contributed by atoms with E-state index in [-0.39, 0.29) is 6.04 Å². The quantitative estimate of drug-likeness (QED) is 0.889. The fourth-order valence-corrected chi connectivity index (χ4v) is 3.08. The zero-order valence-corrected chi connectivity index (χ0v) is 11.1. The zero-order chi connectivity index (χ0) is 12.4. The number of hydrogen-bond acceptors (Lipinski definition) is 5. The first-order chi connectivity index (χ1) is 8.88. The van der Waals surface area contributed by atoms with Gasteiger partial charge in [0.1, 0.15) is 0 Å². The fourth-order valence-electron chi connectivity index (χ4n) is 3.08. The molecule has 2 atom stereocenters. The Morgan fingerprint density at radius 2 is 2.28 bits per heavy atom. The van der Waals surface area contributed by atoms with Crippen LogP contribution >= 0.6 is 0 Å². The minimum absolute atomic E-state index is 0.275. The lowest BCUT2D eigenvalue weighted by Crippen LogP contribution is -2.27. The summed E-state index contributed by atoms with van der Waals surface area (Å²) >= 11 is 0. The molecule has 5 nitrogen and oxygen atoms in total. The molecule has 1 aromatic rings. The molecule has 18 heavy (non-hydrogen) atoms. The summed E-state index contributed by atoms with van der Waals surface area (Å²) in [7, 11) is 0. The molecule has 2 aliphatic heterocycles. The Balaban J connectivity index is 1.72. The molecule has 2 saturated heterocycles. The average Bonchev–Trinajstić information content (AvgIpc) is 3.08. The van der Waals surface area contributed by atoms with E-state index in [1.165, 1.54) is 19.3 Å². The molecule has 0 amide bonds. The van der Waals surface area contributed by atoms with Crippen LogP contribution in [0.5, 0.6) is 0 Å². The van der Waals surface area contributed by atoms with Gasteiger partial charge >= 0.3 is 0 Å². The van der Waals surface area contributed by atoms with Gasteiger partial charge in [-0.3, -0.25) is 4.90 Å². The summed E-state index contributed by atoms with van der Waals surface area (Å²) in [5, 5.41) is 7.66. The molecule has 0 saturated carbocycles. The second-order valence-corrected chi connectivity index (χ2v) is 5.28. The van der Waals surface area contributed by atoms with Gasteiger partial charge in [0.15, 0.2) is 5.82 Å². The van der Waals surface area contributed by atoms with Gasteiger partial charge in [0, 0.05) is 0 Å². The van der Waals surface area contributed by atoms with Gasteiger partial charge in [-0.15, -0.1) is 0 Å². The van der Waals surface area contributed by atoms with Crippen LogP contribution in [-0.4, -0.2) is 34.7 Å². The first kappa shape index (κ1) is 12.1. The van der Waals surface area contributed by atoms with Crippen molar-refractivity contribution in [1.82, 2.24) is 20.4 Å². The molecule has 0 bridgehead atoms. The van der Waals surface area contributed by atoms with Crippen LogP contribution in [-0.2, 0) is 0 Å². The SMILES string of the molecule is CCN1CCCC1c1noc(C2CCCCN2)n1. The smallest absolute Gasteiger partial charge is 0.243 e. The van der Waals surface area contributed by atoms with Gasteiger partial charge in [0.05, 0.1) is 12.1 Å². The zero-order valence-electron chi connectivity index (χ0n) is 11.1. The molecule has 0 aliphatic carbocycles. The highest BCUT2D eigenvalue weighted by Crippen LogP contribution is 2.31. The maximum atomic E-state index is 5.46. The van der Waals surface area contributed by atoms with Crippen LogP contribution < -0.4 is 5.32 Å². The van der Waals surface area contributed by atoms with E-state index in [0.717, 1.165) is 44.2 Å². The molecule has 100 valence electrons. The van der Waals surface area contributed by atoms with Gasteiger partial charge in [0.25, 0.3) is 0 Å². The van der Waals surface area contributed by atoms with Gasteiger partial charge in [-0.05, 0) is 45.3 Å². The number of piperidine rings is 1. The molecule has 0 spiro atoms. The van der Waals surface area contributed by atoms with Crippen molar-refractivity contribution in [1.29, 1.82) is 0 Å². The summed E-state index contributed by atoms with van der Waals surface area (Å²) in [4.78, 5) is 7.07. The van der Waals surface area contributed by atoms with Crippen LogP contribution in [0.2, 0.25) is 0 Å². The lowest BCUT2D eigenvalue weighted by atomic mass is 10.1. The van der Waals surface area contributed by atoms with E-state index in [1.807, 2.05) is 0 Å². The van der Waals surface area contributed by atoms with E-state index in [2.05, 4.69) is 27.3 Å². The Morgan fingerprint density at radius 1 is 1.33 bits per heavy atom. The van der Waals surface area contributed by atoms with Crippen LogP contribution in [0.15, 0.2) is 4.52 Å². The van der Waals surface area contributed by atoms with Crippen molar-refractivity contribution in [3.8, 4) is 0 Å². The topological polar surface area (TPSA) is 54.2 Å². The summed E-state index contributed by atoms with van der Waals surface area (Å²) in [6.45, 7) is 5.48. The summed E-state index contributed by atoms with van der Waals surface area (Å²) in [5.41, 5.74) is 0. The normalized spacial score (nSPS) is 29.8. The molecule has 3 heterocycles. The Kier molecular flexibility index (Phi) is 3.61. The summed E-state index contributed by atoms with van der Waals surface area (Å²) in [6.07, 6.45) is 6.02. The van der Waals surface area contributed by atoms with Crippen LogP contribution in [0, 0.1) is 0 Å². The second kappa shape index (κ2) is 5.36. The number of rotatable bonds is 3. The third-order valence-electron chi connectivity index (χ3n) is 4.13. The van der Waals surface area contributed by atoms with Gasteiger partial charge in [-0.25, -0.2) is 0 Å². The molecule has 2 fully saturated rings. The van der Waals surface area contributed by atoms with Gasteiger partial charge in [-0.1, -0.05) is 18.5 Å². The predicted octanol–water partition coefficient (Wildman–Crippen LogP) is 2.04. The fraction of sp³-hybridized carbons (Fsp3) is 0.846. The van der Waals surface area contributed by atoms with E-state index in [1.54, 1.807) is 0 Å². The number of likely N-dealkylation sites (tertiary alicyclic amines) is 1. The number of aromatic nitrogens is 2. The van der Waals surface area contributed by atoms with E-state index in [0.29, 0.717) is 6.04 Å². The highest BCUT2D eigenvalue weighted by Gasteiger charge is 2.30. The maximum Gasteiger partial charge on any atom is 0.243 e. The van der Waals surface area contributed by atoms with Gasteiger partial charge in [0.2, 0.25) is 5.89 Å². The lowest BCUT2D eigenvalue weighted by molar-refractivity contribution is 0.252. The van der Waals surface area contributed by atoms with Crippen LogP contribution in [0.1, 0.15) is 62.8 Å². The molecule has 2 unspecified atom stereocenters. The van der Waals surface area contributed by atoms with Crippen molar-refractivity contribution in [2.24, 2.45) is 0 Å². The van der Waals surface area contributed by atoms with Gasteiger partial charge in [-0.2, -0.15) is 4.98 Å². The molecule has 3 rings (SSSR count). The average molecular weight is 250 g/mol. The Hall–Kier alpha value is -0.940. The van der Waals surface area contributed by atoms with E-state index in [4.69, 9.17) is 4.52 Å². The second-order valence-electron chi connectivity index (χ2n) is 5.28. The lowest BCUT2D eigenvalue weighted by Gasteiger charge is -2.20. The first-order valence-corrected chi connectivity index (χ1v) is 7.19. The molecule has 0 aromatic carbocycles. The van der Waals surface area contributed by atoms with Crippen molar-refractivity contribution < 1.29 is 4.52 Å². The third-order valence-corrected chi connectivity index (χ3v) is 4.13. The minimum Gasteiger partial charge on any atom is -0.338 e. The largest absolute Gasteiger partial charge is 0.338 e. The molecule has 1 aromatic heterocycles. The number of nitrogens with zero attached hydrogens (tertiary/aromatic N) is 3. The molecule has 1 N–H and O–H groups in total. The Bertz CT molecular complexity index is 386. The van der Waals surface area contributed by atoms with Crippen molar-refractivity contribution >= 4 is 0 Å². The van der Waals surface area contributed by atoms with Crippen molar-refractivity contribution in [2.75, 3.05) is 19.6 Å². The molecule has 0 radical (unpaired) electrons. The summed E-state index contributed by atoms with van der Waals surface area (Å²) < 4.78 is 5.46. The number of nitrogens with one attached hydrogen (secondary N) is 1. The molecule has 2 aliphatic rings. The van der Waals surface area contributed by atoms with Crippen LogP contribution in [0.25, 0.3) is 0 Å². The predicted molar refractivity (Wildman–Crippen MR) is 68.1 cm³/mol. The minimum atomic E-state index is 0.275. The third kappa shape index (κ3) is 2.29. The van der Waals surface area contributed by atoms with Crippen molar-refractivity contribution in [3.63, 3.8) is 0 Å². The monoisotopic (exact) mass is 250 g/mol. The van der Waals surface area contributed by atoms with Gasteiger partial charge < -0.3 is 9.84 Å². The first-order valence-electron chi connectivity index (χ1n) is 7.19. The van der Waals surface area contributed by atoms with Crippen molar-refractivity contribution in [3.05, 3.63) is 11.7 Å². The Morgan fingerprint density at radius 3 is 3.06 bits per heavy atom. The van der Waals surface area contributed by atoms with E-state index in [9.17, 15) is 0 Å². The Labute approximate surface area is 108 Å². The molecule has 5 heteroatoms. The van der Waals surface area contributed by atoms with E-state index < -0.39 is 0 Å². The summed E-state index contributed by atoms with van der Waals surface area (Å²) in [5.74, 6) is 1.67.